The molecular weight excluding hydrogens is 334 g/mol. The van der Waals surface area contributed by atoms with E-state index in [0.29, 0.717) is 13.2 Å². The first kappa shape index (κ1) is 18.9. The van der Waals surface area contributed by atoms with Crippen molar-refractivity contribution in [2.75, 3.05) is 13.2 Å². The minimum absolute atomic E-state index is 0.0909. The standard InChI is InChI=1S/C19H23N3O2S/c1-5-23-17-8-7-15(9-18(17)24-6-2)14(4)21-11-16(10-20)19-22-13(3)12-25-19/h7-9,11-12,14,16H,5-6H2,1-4H3/t14-,16?/m1/s1. The maximum absolute atomic E-state index is 9.37. The number of benzene rings is 1. The molecule has 1 aromatic carbocycles. The van der Waals surface area contributed by atoms with Gasteiger partial charge in [0.1, 0.15) is 10.9 Å². The van der Waals surface area contributed by atoms with E-state index in [0.717, 1.165) is 27.8 Å². The van der Waals surface area contributed by atoms with E-state index < -0.39 is 5.92 Å². The molecule has 2 atom stereocenters. The predicted octanol–water partition coefficient (Wildman–Crippen LogP) is 4.69. The number of nitriles is 1. The van der Waals surface area contributed by atoms with Gasteiger partial charge >= 0.3 is 0 Å². The summed E-state index contributed by atoms with van der Waals surface area (Å²) in [6.07, 6.45) is 1.68. The molecule has 1 aromatic heterocycles. The Morgan fingerprint density at radius 1 is 1.28 bits per heavy atom. The van der Waals surface area contributed by atoms with E-state index in [2.05, 4.69) is 16.0 Å². The van der Waals surface area contributed by atoms with Crippen LogP contribution in [-0.4, -0.2) is 24.4 Å². The number of aliphatic imine (C=N–C) groups is 1. The van der Waals surface area contributed by atoms with Crippen molar-refractivity contribution in [1.29, 1.82) is 5.26 Å². The second-order valence-corrected chi connectivity index (χ2v) is 6.37. The topological polar surface area (TPSA) is 67.5 Å². The van der Waals surface area contributed by atoms with E-state index in [4.69, 9.17) is 9.47 Å². The summed E-state index contributed by atoms with van der Waals surface area (Å²) in [5.74, 6) is 1.03. The van der Waals surface area contributed by atoms with Crippen LogP contribution in [0.15, 0.2) is 28.6 Å². The summed E-state index contributed by atoms with van der Waals surface area (Å²) in [4.78, 5) is 8.92. The fraction of sp³-hybridized carbons (Fsp3) is 0.421. The lowest BCUT2D eigenvalue weighted by Gasteiger charge is -2.14. The fourth-order valence-corrected chi connectivity index (χ4v) is 3.10. The molecule has 0 amide bonds. The number of ether oxygens (including phenoxy) is 2. The molecule has 0 saturated heterocycles. The van der Waals surface area contributed by atoms with Gasteiger partial charge in [-0.05, 0) is 45.4 Å². The Hall–Kier alpha value is -2.39. The Balaban J connectivity index is 2.17. The predicted molar refractivity (Wildman–Crippen MR) is 101 cm³/mol. The minimum atomic E-state index is -0.421. The van der Waals surface area contributed by atoms with Gasteiger partial charge in [-0.25, -0.2) is 4.98 Å². The molecule has 0 fully saturated rings. The maximum Gasteiger partial charge on any atom is 0.161 e. The summed E-state index contributed by atoms with van der Waals surface area (Å²) in [5.41, 5.74) is 1.93. The summed E-state index contributed by atoms with van der Waals surface area (Å²) in [5, 5.41) is 12.1. The zero-order chi connectivity index (χ0) is 18.2. The molecule has 1 heterocycles. The molecule has 0 aliphatic carbocycles. The molecule has 2 aromatic rings. The molecule has 0 aliphatic heterocycles. The molecule has 0 aliphatic rings. The van der Waals surface area contributed by atoms with Crippen molar-refractivity contribution in [1.82, 2.24) is 4.98 Å². The molecule has 0 saturated carbocycles. The van der Waals surface area contributed by atoms with E-state index in [-0.39, 0.29) is 6.04 Å². The van der Waals surface area contributed by atoms with Crippen LogP contribution in [-0.2, 0) is 0 Å². The quantitative estimate of drug-likeness (QED) is 0.643. The van der Waals surface area contributed by atoms with E-state index in [1.165, 1.54) is 11.3 Å². The van der Waals surface area contributed by atoms with Gasteiger partial charge in [0.15, 0.2) is 11.5 Å². The van der Waals surface area contributed by atoms with Crippen LogP contribution >= 0.6 is 11.3 Å². The summed E-state index contributed by atoms with van der Waals surface area (Å²) in [6, 6.07) is 7.99. The lowest BCUT2D eigenvalue weighted by molar-refractivity contribution is 0.287. The first-order valence-electron chi connectivity index (χ1n) is 8.33. The monoisotopic (exact) mass is 357 g/mol. The second kappa shape index (κ2) is 9.19. The molecule has 0 bridgehead atoms. The highest BCUT2D eigenvalue weighted by Crippen LogP contribution is 2.32. The lowest BCUT2D eigenvalue weighted by Crippen LogP contribution is -2.01. The first-order chi connectivity index (χ1) is 12.1. The Morgan fingerprint density at radius 3 is 2.60 bits per heavy atom. The first-order valence-corrected chi connectivity index (χ1v) is 9.21. The number of hydrogen-bond donors (Lipinski definition) is 0. The largest absolute Gasteiger partial charge is 0.490 e. The SMILES string of the molecule is CCOc1ccc([C@@H](C)N=CC(C#N)c2nc(C)cs2)cc1OCC. The normalized spacial score (nSPS) is 13.4. The van der Waals surface area contributed by atoms with Crippen LogP contribution in [0.2, 0.25) is 0 Å². The van der Waals surface area contributed by atoms with Crippen molar-refractivity contribution < 1.29 is 9.47 Å². The minimum Gasteiger partial charge on any atom is -0.490 e. The van der Waals surface area contributed by atoms with Crippen LogP contribution in [0.5, 0.6) is 11.5 Å². The van der Waals surface area contributed by atoms with Crippen LogP contribution in [0, 0.1) is 18.3 Å². The third-order valence-corrected chi connectivity index (χ3v) is 4.60. The highest BCUT2D eigenvalue weighted by atomic mass is 32.1. The summed E-state index contributed by atoms with van der Waals surface area (Å²) >= 11 is 1.48. The molecule has 25 heavy (non-hydrogen) atoms. The number of aryl methyl sites for hydroxylation is 1. The zero-order valence-corrected chi connectivity index (χ0v) is 15.8. The van der Waals surface area contributed by atoms with E-state index in [1.807, 2.05) is 51.3 Å². The third kappa shape index (κ3) is 5.04. The fourth-order valence-electron chi connectivity index (χ4n) is 2.30. The van der Waals surface area contributed by atoms with Gasteiger partial charge in [0, 0.05) is 17.3 Å². The average molecular weight is 357 g/mol. The summed E-state index contributed by atoms with van der Waals surface area (Å²) in [6.45, 7) is 8.95. The van der Waals surface area contributed by atoms with Crippen molar-refractivity contribution >= 4 is 17.6 Å². The molecule has 0 spiro atoms. The molecule has 0 radical (unpaired) electrons. The highest BCUT2D eigenvalue weighted by Gasteiger charge is 2.14. The van der Waals surface area contributed by atoms with Gasteiger partial charge in [0.2, 0.25) is 0 Å². The summed E-state index contributed by atoms with van der Waals surface area (Å²) in [7, 11) is 0. The maximum atomic E-state index is 9.37. The molecule has 5 nitrogen and oxygen atoms in total. The van der Waals surface area contributed by atoms with Gasteiger partial charge in [-0.2, -0.15) is 5.26 Å². The van der Waals surface area contributed by atoms with Crippen LogP contribution in [0.25, 0.3) is 0 Å². The van der Waals surface area contributed by atoms with Crippen LogP contribution in [0.3, 0.4) is 0 Å². The smallest absolute Gasteiger partial charge is 0.161 e. The van der Waals surface area contributed by atoms with Crippen molar-refractivity contribution in [3.05, 3.63) is 39.8 Å². The Morgan fingerprint density at radius 2 is 2.00 bits per heavy atom. The van der Waals surface area contributed by atoms with Gasteiger partial charge in [0.25, 0.3) is 0 Å². The molecular formula is C19H23N3O2S. The number of nitrogens with zero attached hydrogens (tertiary/aromatic N) is 3. The number of rotatable bonds is 8. The van der Waals surface area contributed by atoms with Gasteiger partial charge in [-0.1, -0.05) is 6.07 Å². The Bertz CT molecular complexity index is 764. The molecule has 1 unspecified atom stereocenters. The summed E-state index contributed by atoms with van der Waals surface area (Å²) < 4.78 is 11.2. The molecule has 2 rings (SSSR count). The van der Waals surface area contributed by atoms with Crippen molar-refractivity contribution in [3.8, 4) is 17.6 Å². The van der Waals surface area contributed by atoms with Crippen molar-refractivity contribution in [3.63, 3.8) is 0 Å². The Kier molecular flexibility index (Phi) is 6.96. The van der Waals surface area contributed by atoms with Gasteiger partial charge in [-0.15, -0.1) is 11.3 Å². The van der Waals surface area contributed by atoms with Crippen LogP contribution in [0.4, 0.5) is 0 Å². The zero-order valence-electron chi connectivity index (χ0n) is 15.0. The molecule has 0 N–H and O–H groups in total. The number of thiazole rings is 1. The van der Waals surface area contributed by atoms with Gasteiger partial charge < -0.3 is 9.47 Å². The van der Waals surface area contributed by atoms with Crippen molar-refractivity contribution in [2.45, 2.75) is 39.7 Å². The van der Waals surface area contributed by atoms with E-state index >= 15 is 0 Å². The third-order valence-electron chi connectivity index (χ3n) is 3.55. The van der Waals surface area contributed by atoms with E-state index in [1.54, 1.807) is 6.21 Å². The van der Waals surface area contributed by atoms with Crippen molar-refractivity contribution in [2.24, 2.45) is 4.99 Å². The number of aromatic nitrogens is 1. The lowest BCUT2D eigenvalue weighted by atomic mass is 10.1. The molecule has 6 heteroatoms. The second-order valence-electron chi connectivity index (χ2n) is 5.48. The van der Waals surface area contributed by atoms with Gasteiger partial charge in [-0.3, -0.25) is 4.99 Å². The van der Waals surface area contributed by atoms with Gasteiger partial charge in [0.05, 0.1) is 25.3 Å². The molecule has 132 valence electrons. The average Bonchev–Trinajstić information content (AvgIpc) is 3.03. The van der Waals surface area contributed by atoms with Crippen LogP contribution in [0.1, 0.15) is 49.0 Å². The Labute approximate surface area is 153 Å². The van der Waals surface area contributed by atoms with E-state index in [9.17, 15) is 5.26 Å². The highest BCUT2D eigenvalue weighted by molar-refractivity contribution is 7.09. The number of hydrogen-bond acceptors (Lipinski definition) is 6. The van der Waals surface area contributed by atoms with Crippen LogP contribution < -0.4 is 9.47 Å².